The molecule has 0 radical (unpaired) electrons. The Morgan fingerprint density at radius 3 is 2.32 bits per heavy atom. The summed E-state index contributed by atoms with van der Waals surface area (Å²) < 4.78 is 37.7. The van der Waals surface area contributed by atoms with E-state index in [0.717, 1.165) is 11.0 Å². The van der Waals surface area contributed by atoms with Gasteiger partial charge in [-0.1, -0.05) is 29.8 Å². The minimum Gasteiger partial charge on any atom is -0.166 e. The third-order valence-corrected chi connectivity index (χ3v) is 3.81. The van der Waals surface area contributed by atoms with Crippen molar-refractivity contribution in [1.82, 2.24) is 0 Å². The lowest BCUT2D eigenvalue weighted by molar-refractivity contribution is -0.137. The van der Waals surface area contributed by atoms with Crippen LogP contribution in [0.1, 0.15) is 11.1 Å². The first kappa shape index (κ1) is 14.3. The standard InChI is InChI=1S/C14H10ClF3S/c15-12-4-6-13(7-5-12)19-9-10-2-1-3-11(8-10)14(16,17)18/h1-8H,9H2. The second-order valence-electron chi connectivity index (χ2n) is 3.94. The largest absolute Gasteiger partial charge is 0.416 e. The highest BCUT2D eigenvalue weighted by molar-refractivity contribution is 7.98. The maximum atomic E-state index is 12.6. The lowest BCUT2D eigenvalue weighted by Gasteiger charge is -2.08. The topological polar surface area (TPSA) is 0 Å². The van der Waals surface area contributed by atoms with E-state index in [2.05, 4.69) is 0 Å². The maximum Gasteiger partial charge on any atom is 0.416 e. The van der Waals surface area contributed by atoms with E-state index in [1.165, 1.54) is 23.9 Å². The van der Waals surface area contributed by atoms with Gasteiger partial charge in [0.1, 0.15) is 0 Å². The minimum absolute atomic E-state index is 0.492. The minimum atomic E-state index is -4.29. The summed E-state index contributed by atoms with van der Waals surface area (Å²) in [5.74, 6) is 0.492. The van der Waals surface area contributed by atoms with Crippen LogP contribution < -0.4 is 0 Å². The van der Waals surface area contributed by atoms with E-state index >= 15 is 0 Å². The molecule has 0 amide bonds. The van der Waals surface area contributed by atoms with Gasteiger partial charge >= 0.3 is 6.18 Å². The molecule has 0 nitrogen and oxygen atoms in total. The van der Waals surface area contributed by atoms with Crippen LogP contribution in [0.5, 0.6) is 0 Å². The molecule has 2 aromatic carbocycles. The first-order valence-electron chi connectivity index (χ1n) is 5.50. The van der Waals surface area contributed by atoms with Crippen LogP contribution in [-0.4, -0.2) is 0 Å². The second-order valence-corrected chi connectivity index (χ2v) is 5.43. The van der Waals surface area contributed by atoms with E-state index in [-0.39, 0.29) is 0 Å². The molecule has 0 spiro atoms. The normalized spacial score (nSPS) is 11.6. The summed E-state index contributed by atoms with van der Waals surface area (Å²) in [5, 5.41) is 0.642. The van der Waals surface area contributed by atoms with Crippen LogP contribution in [0, 0.1) is 0 Å². The first-order valence-corrected chi connectivity index (χ1v) is 6.86. The number of thioether (sulfide) groups is 1. The molecule has 0 aliphatic carbocycles. The first-order chi connectivity index (χ1) is 8.95. The molecule has 2 rings (SSSR count). The molecule has 2 aromatic rings. The summed E-state index contributed by atoms with van der Waals surface area (Å²) in [4.78, 5) is 0.974. The third kappa shape index (κ3) is 4.18. The van der Waals surface area contributed by atoms with Crippen molar-refractivity contribution in [2.24, 2.45) is 0 Å². The van der Waals surface area contributed by atoms with E-state index < -0.39 is 11.7 Å². The summed E-state index contributed by atoms with van der Waals surface area (Å²) in [7, 11) is 0. The van der Waals surface area contributed by atoms with Crippen LogP contribution in [-0.2, 0) is 11.9 Å². The Bertz CT molecular complexity index is 549. The Kier molecular flexibility index (Phi) is 4.42. The van der Waals surface area contributed by atoms with Crippen LogP contribution in [0.4, 0.5) is 13.2 Å². The van der Waals surface area contributed by atoms with E-state index in [1.54, 1.807) is 18.2 Å². The van der Waals surface area contributed by atoms with Gasteiger partial charge in [0.2, 0.25) is 0 Å². The average molecular weight is 303 g/mol. The third-order valence-electron chi connectivity index (χ3n) is 2.47. The quantitative estimate of drug-likeness (QED) is 0.660. The van der Waals surface area contributed by atoms with Crippen LogP contribution in [0.3, 0.4) is 0 Å². The van der Waals surface area contributed by atoms with Crippen molar-refractivity contribution in [2.75, 3.05) is 0 Å². The van der Waals surface area contributed by atoms with Crippen molar-refractivity contribution in [1.29, 1.82) is 0 Å². The van der Waals surface area contributed by atoms with Crippen molar-refractivity contribution in [3.8, 4) is 0 Å². The van der Waals surface area contributed by atoms with Gasteiger partial charge in [-0.25, -0.2) is 0 Å². The Morgan fingerprint density at radius 2 is 1.68 bits per heavy atom. The molecule has 0 unspecified atom stereocenters. The summed E-state index contributed by atoms with van der Waals surface area (Å²) in [6.45, 7) is 0. The fraction of sp³-hybridized carbons (Fsp3) is 0.143. The van der Waals surface area contributed by atoms with Crippen LogP contribution in [0.2, 0.25) is 5.02 Å². The SMILES string of the molecule is FC(F)(F)c1cccc(CSc2ccc(Cl)cc2)c1. The van der Waals surface area contributed by atoms with Gasteiger partial charge in [0, 0.05) is 15.7 Å². The summed E-state index contributed by atoms with van der Waals surface area (Å²) >= 11 is 7.24. The summed E-state index contributed by atoms with van der Waals surface area (Å²) in [6.07, 6.45) is -4.29. The predicted molar refractivity (Wildman–Crippen MR) is 72.5 cm³/mol. The maximum absolute atomic E-state index is 12.6. The highest BCUT2D eigenvalue weighted by atomic mass is 35.5. The number of hydrogen-bond donors (Lipinski definition) is 0. The molecule has 0 aliphatic rings. The van der Waals surface area contributed by atoms with Gasteiger partial charge in [-0.2, -0.15) is 13.2 Å². The van der Waals surface area contributed by atoms with Crippen molar-refractivity contribution >= 4 is 23.4 Å². The zero-order valence-electron chi connectivity index (χ0n) is 9.75. The Morgan fingerprint density at radius 1 is 1.00 bits per heavy atom. The molecule has 0 atom stereocenters. The number of halogens is 4. The number of alkyl halides is 3. The lowest BCUT2D eigenvalue weighted by Crippen LogP contribution is -2.04. The zero-order chi connectivity index (χ0) is 13.9. The highest BCUT2D eigenvalue weighted by Crippen LogP contribution is 2.31. The molecule has 0 fully saturated rings. The monoisotopic (exact) mass is 302 g/mol. The molecule has 0 aliphatic heterocycles. The van der Waals surface area contributed by atoms with Crippen LogP contribution >= 0.6 is 23.4 Å². The predicted octanol–water partition coefficient (Wildman–Crippen LogP) is 5.65. The highest BCUT2D eigenvalue weighted by Gasteiger charge is 2.30. The van der Waals surface area contributed by atoms with Crippen molar-refractivity contribution < 1.29 is 13.2 Å². The summed E-state index contributed by atoms with van der Waals surface area (Å²) in [5.41, 5.74) is 0.0384. The molecule has 0 N–H and O–H groups in total. The fourth-order valence-corrected chi connectivity index (χ4v) is 2.50. The number of rotatable bonds is 3. The molecular formula is C14H10ClF3S. The van der Waals surface area contributed by atoms with E-state index in [0.29, 0.717) is 16.3 Å². The van der Waals surface area contributed by atoms with E-state index in [4.69, 9.17) is 11.6 Å². The van der Waals surface area contributed by atoms with Gasteiger partial charge in [0.15, 0.2) is 0 Å². The average Bonchev–Trinajstić information content (AvgIpc) is 2.37. The van der Waals surface area contributed by atoms with Crippen molar-refractivity contribution in [3.05, 3.63) is 64.7 Å². The number of benzene rings is 2. The fourth-order valence-electron chi connectivity index (χ4n) is 1.53. The number of hydrogen-bond acceptors (Lipinski definition) is 1. The molecular weight excluding hydrogens is 293 g/mol. The van der Waals surface area contributed by atoms with Gasteiger partial charge in [-0.3, -0.25) is 0 Å². The van der Waals surface area contributed by atoms with Crippen molar-refractivity contribution in [2.45, 2.75) is 16.8 Å². The van der Waals surface area contributed by atoms with Crippen LogP contribution in [0.15, 0.2) is 53.4 Å². The molecule has 0 aromatic heterocycles. The smallest absolute Gasteiger partial charge is 0.166 e. The molecule has 5 heteroatoms. The van der Waals surface area contributed by atoms with Gasteiger partial charge in [-0.05, 0) is 35.9 Å². The molecule has 0 heterocycles. The Balaban J connectivity index is 2.05. The van der Waals surface area contributed by atoms with Gasteiger partial charge in [0.25, 0.3) is 0 Å². The van der Waals surface area contributed by atoms with Crippen molar-refractivity contribution in [3.63, 3.8) is 0 Å². The lowest BCUT2D eigenvalue weighted by atomic mass is 10.1. The van der Waals surface area contributed by atoms with Gasteiger partial charge in [0.05, 0.1) is 5.56 Å². The Hall–Kier alpha value is -1.13. The Labute approximate surface area is 118 Å². The molecule has 100 valence electrons. The van der Waals surface area contributed by atoms with Gasteiger partial charge < -0.3 is 0 Å². The molecule has 0 bridgehead atoms. The molecule has 0 saturated heterocycles. The van der Waals surface area contributed by atoms with E-state index in [1.807, 2.05) is 12.1 Å². The van der Waals surface area contributed by atoms with Crippen LogP contribution in [0.25, 0.3) is 0 Å². The second kappa shape index (κ2) is 5.88. The molecule has 19 heavy (non-hydrogen) atoms. The summed E-state index contributed by atoms with van der Waals surface area (Å²) in [6, 6.07) is 12.6. The van der Waals surface area contributed by atoms with Gasteiger partial charge in [-0.15, -0.1) is 11.8 Å². The zero-order valence-corrected chi connectivity index (χ0v) is 11.3. The molecule has 0 saturated carbocycles. The van der Waals surface area contributed by atoms with E-state index in [9.17, 15) is 13.2 Å².